The molecular weight excluding hydrogens is 126 g/mol. The fourth-order valence-electron chi connectivity index (χ4n) is 0.514. The maximum Gasteiger partial charge on any atom is 0.222 e. The molecule has 0 radical (unpaired) electrons. The lowest BCUT2D eigenvalue weighted by Crippen LogP contribution is -2.42. The van der Waals surface area contributed by atoms with Crippen LogP contribution in [0.4, 0.5) is 0 Å². The molecular formula is C8H17NO. The molecule has 1 N–H and O–H groups in total. The third-order valence-electron chi connectivity index (χ3n) is 1.02. The predicted octanol–water partition coefficient (Wildman–Crippen LogP) is 1.56. The topological polar surface area (TPSA) is 29.1 Å². The number of hydrogen-bond acceptors (Lipinski definition) is 1. The molecule has 0 rings (SSSR count). The van der Waals surface area contributed by atoms with E-state index in [4.69, 9.17) is 0 Å². The van der Waals surface area contributed by atoms with Crippen molar-refractivity contribution < 1.29 is 4.79 Å². The first-order valence-electron chi connectivity index (χ1n) is 3.65. The summed E-state index contributed by atoms with van der Waals surface area (Å²) in [4.78, 5) is 11.0. The minimum atomic E-state index is -0.0959. The molecule has 2 heteroatoms. The molecule has 0 saturated heterocycles. The minimum absolute atomic E-state index is 0.0826. The second-order valence-electron chi connectivity index (χ2n) is 3.89. The molecule has 0 aromatic rings. The van der Waals surface area contributed by atoms with E-state index < -0.39 is 0 Å². The van der Waals surface area contributed by atoms with E-state index in [0.717, 1.165) is 0 Å². The highest BCUT2D eigenvalue weighted by Crippen LogP contribution is 2.01. The number of amides is 1. The Bertz CT molecular complexity index is 122. The number of carbonyl (C=O) groups is 1. The Kier molecular flexibility index (Phi) is 2.88. The standard InChI is InChI=1S/C8H17NO/c1-6(2)7(10)9-8(3,4)5/h6H,1-5H3,(H,9,10). The van der Waals surface area contributed by atoms with E-state index in [2.05, 4.69) is 5.32 Å². The summed E-state index contributed by atoms with van der Waals surface area (Å²) >= 11 is 0. The third-order valence-corrected chi connectivity index (χ3v) is 1.02. The van der Waals surface area contributed by atoms with Gasteiger partial charge in [-0.05, 0) is 20.8 Å². The van der Waals surface area contributed by atoms with Crippen molar-refractivity contribution in [3.8, 4) is 0 Å². The van der Waals surface area contributed by atoms with E-state index in [-0.39, 0.29) is 17.4 Å². The number of carbonyl (C=O) groups excluding carboxylic acids is 1. The van der Waals surface area contributed by atoms with Crippen LogP contribution in [0.3, 0.4) is 0 Å². The molecule has 0 aromatic carbocycles. The molecule has 0 atom stereocenters. The first kappa shape index (κ1) is 9.47. The van der Waals surface area contributed by atoms with Crippen molar-refractivity contribution in [3.05, 3.63) is 0 Å². The van der Waals surface area contributed by atoms with E-state index in [1.54, 1.807) is 0 Å². The summed E-state index contributed by atoms with van der Waals surface area (Å²) in [5.41, 5.74) is -0.0959. The molecule has 0 unspecified atom stereocenters. The van der Waals surface area contributed by atoms with E-state index >= 15 is 0 Å². The fourth-order valence-corrected chi connectivity index (χ4v) is 0.514. The molecule has 2 nitrogen and oxygen atoms in total. The van der Waals surface area contributed by atoms with Gasteiger partial charge in [0.25, 0.3) is 0 Å². The maximum absolute atomic E-state index is 11.0. The van der Waals surface area contributed by atoms with Gasteiger partial charge in [-0.2, -0.15) is 0 Å². The zero-order valence-corrected chi connectivity index (χ0v) is 7.49. The van der Waals surface area contributed by atoms with Gasteiger partial charge in [-0.15, -0.1) is 0 Å². The van der Waals surface area contributed by atoms with Gasteiger partial charge >= 0.3 is 0 Å². The lowest BCUT2D eigenvalue weighted by Gasteiger charge is -2.21. The summed E-state index contributed by atoms with van der Waals surface area (Å²) in [7, 11) is 0. The number of nitrogens with one attached hydrogen (secondary N) is 1. The first-order chi connectivity index (χ1) is 4.33. The van der Waals surface area contributed by atoms with Crippen molar-refractivity contribution in [2.75, 3.05) is 0 Å². The van der Waals surface area contributed by atoms with Crippen molar-refractivity contribution >= 4 is 5.91 Å². The molecule has 0 aliphatic heterocycles. The first-order valence-corrected chi connectivity index (χ1v) is 3.65. The molecule has 0 bridgehead atoms. The lowest BCUT2D eigenvalue weighted by atomic mass is 10.1. The fraction of sp³-hybridized carbons (Fsp3) is 0.875. The van der Waals surface area contributed by atoms with Gasteiger partial charge in [0.2, 0.25) is 5.91 Å². The molecule has 0 aliphatic rings. The van der Waals surface area contributed by atoms with Crippen LogP contribution >= 0.6 is 0 Å². The van der Waals surface area contributed by atoms with Gasteiger partial charge in [0.15, 0.2) is 0 Å². The van der Waals surface area contributed by atoms with Crippen molar-refractivity contribution in [1.82, 2.24) is 5.32 Å². The number of hydrogen-bond donors (Lipinski definition) is 1. The summed E-state index contributed by atoms with van der Waals surface area (Å²) in [6.07, 6.45) is 0. The van der Waals surface area contributed by atoms with Crippen LogP contribution in [-0.2, 0) is 4.79 Å². The van der Waals surface area contributed by atoms with Gasteiger partial charge in [-0.3, -0.25) is 4.79 Å². The molecule has 0 saturated carbocycles. The third kappa shape index (κ3) is 4.36. The monoisotopic (exact) mass is 143 g/mol. The average molecular weight is 143 g/mol. The second-order valence-corrected chi connectivity index (χ2v) is 3.89. The summed E-state index contributed by atoms with van der Waals surface area (Å²) in [5.74, 6) is 0.201. The van der Waals surface area contributed by atoms with E-state index in [9.17, 15) is 4.79 Å². The quantitative estimate of drug-likeness (QED) is 0.593. The van der Waals surface area contributed by atoms with Gasteiger partial charge in [-0.1, -0.05) is 13.8 Å². The van der Waals surface area contributed by atoms with E-state index in [1.165, 1.54) is 0 Å². The van der Waals surface area contributed by atoms with Crippen LogP contribution in [0.1, 0.15) is 34.6 Å². The molecule has 10 heavy (non-hydrogen) atoms. The van der Waals surface area contributed by atoms with E-state index in [1.807, 2.05) is 34.6 Å². The van der Waals surface area contributed by atoms with Crippen LogP contribution < -0.4 is 5.32 Å². The maximum atomic E-state index is 11.0. The minimum Gasteiger partial charge on any atom is -0.351 e. The Morgan fingerprint density at radius 2 is 1.70 bits per heavy atom. The Balaban J connectivity index is 3.81. The molecule has 0 spiro atoms. The van der Waals surface area contributed by atoms with Crippen LogP contribution in [0.25, 0.3) is 0 Å². The van der Waals surface area contributed by atoms with Crippen molar-refractivity contribution in [2.24, 2.45) is 5.92 Å². The molecule has 0 heterocycles. The highest BCUT2D eigenvalue weighted by molar-refractivity contribution is 5.78. The number of rotatable bonds is 1. The summed E-state index contributed by atoms with van der Waals surface area (Å²) in [5, 5.41) is 2.88. The SMILES string of the molecule is CC(C)C(=O)NC(C)(C)C. The van der Waals surface area contributed by atoms with Crippen LogP contribution in [0, 0.1) is 5.92 Å². The van der Waals surface area contributed by atoms with E-state index in [0.29, 0.717) is 0 Å². The van der Waals surface area contributed by atoms with Gasteiger partial charge in [0, 0.05) is 11.5 Å². The molecule has 1 amide bonds. The predicted molar refractivity (Wildman–Crippen MR) is 42.7 cm³/mol. The summed E-state index contributed by atoms with van der Waals surface area (Å²) in [6, 6.07) is 0. The molecule has 0 aliphatic carbocycles. The highest BCUT2D eigenvalue weighted by Gasteiger charge is 2.15. The average Bonchev–Trinajstić information content (AvgIpc) is 1.60. The Morgan fingerprint density at radius 1 is 1.30 bits per heavy atom. The van der Waals surface area contributed by atoms with Crippen molar-refractivity contribution in [2.45, 2.75) is 40.2 Å². The zero-order valence-electron chi connectivity index (χ0n) is 7.49. The summed E-state index contributed by atoms with van der Waals surface area (Å²) < 4.78 is 0. The Hall–Kier alpha value is -0.530. The van der Waals surface area contributed by atoms with Crippen LogP contribution in [-0.4, -0.2) is 11.4 Å². The second kappa shape index (κ2) is 3.04. The molecule has 60 valence electrons. The molecule has 0 fully saturated rings. The van der Waals surface area contributed by atoms with Crippen molar-refractivity contribution in [3.63, 3.8) is 0 Å². The Morgan fingerprint density at radius 3 is 1.80 bits per heavy atom. The van der Waals surface area contributed by atoms with Crippen molar-refractivity contribution in [1.29, 1.82) is 0 Å². The lowest BCUT2D eigenvalue weighted by molar-refractivity contribution is -0.125. The van der Waals surface area contributed by atoms with Crippen LogP contribution in [0.2, 0.25) is 0 Å². The smallest absolute Gasteiger partial charge is 0.222 e. The van der Waals surface area contributed by atoms with Gasteiger partial charge in [0.1, 0.15) is 0 Å². The van der Waals surface area contributed by atoms with Gasteiger partial charge in [-0.25, -0.2) is 0 Å². The summed E-state index contributed by atoms with van der Waals surface area (Å²) in [6.45, 7) is 9.72. The zero-order chi connectivity index (χ0) is 8.36. The Labute approximate surface area is 63.0 Å². The molecule has 0 aromatic heterocycles. The highest BCUT2D eigenvalue weighted by atomic mass is 16.1. The normalized spacial score (nSPS) is 11.8. The van der Waals surface area contributed by atoms with Crippen LogP contribution in [0.5, 0.6) is 0 Å². The van der Waals surface area contributed by atoms with Gasteiger partial charge < -0.3 is 5.32 Å². The van der Waals surface area contributed by atoms with Crippen LogP contribution in [0.15, 0.2) is 0 Å². The largest absolute Gasteiger partial charge is 0.351 e. The van der Waals surface area contributed by atoms with Gasteiger partial charge in [0.05, 0.1) is 0 Å².